The van der Waals surface area contributed by atoms with Crippen LogP contribution in [-0.2, 0) is 9.59 Å². The number of ether oxygens (including phenoxy) is 1. The number of likely N-dealkylation sites (N-methyl/N-ethyl adjacent to an activating group) is 1. The highest BCUT2D eigenvalue weighted by Gasteiger charge is 2.20. The van der Waals surface area contributed by atoms with Gasteiger partial charge < -0.3 is 25.4 Å². The highest BCUT2D eigenvalue weighted by molar-refractivity contribution is 5.94. The van der Waals surface area contributed by atoms with E-state index in [0.29, 0.717) is 18.0 Å². The third kappa shape index (κ3) is 6.97. The predicted molar refractivity (Wildman–Crippen MR) is 93.5 cm³/mol. The van der Waals surface area contributed by atoms with Crippen molar-refractivity contribution in [2.75, 3.05) is 38.6 Å². The second-order valence-corrected chi connectivity index (χ2v) is 5.36. The molecule has 0 bridgehead atoms. The Hall–Kier alpha value is -2.12. The molecule has 1 atom stereocenters. The fraction of sp³-hybridized carbons (Fsp3) is 0.529. The van der Waals surface area contributed by atoms with Crippen LogP contribution < -0.4 is 15.4 Å². The van der Waals surface area contributed by atoms with E-state index in [0.717, 1.165) is 19.6 Å². The summed E-state index contributed by atoms with van der Waals surface area (Å²) in [5.74, 6) is -0.763. The molecule has 0 aliphatic heterocycles. The number of carbonyl (C=O) groups is 2. The van der Waals surface area contributed by atoms with Crippen LogP contribution in [0.5, 0.6) is 5.75 Å². The molecule has 24 heavy (non-hydrogen) atoms. The van der Waals surface area contributed by atoms with Gasteiger partial charge in [-0.05, 0) is 25.2 Å². The van der Waals surface area contributed by atoms with Crippen molar-refractivity contribution in [2.45, 2.75) is 26.3 Å². The lowest BCUT2D eigenvalue weighted by atomic mass is 10.2. The average Bonchev–Trinajstić information content (AvgIpc) is 2.57. The van der Waals surface area contributed by atoms with E-state index in [1.807, 2.05) is 0 Å². The SMILES string of the molecule is CCN(CC)CCN[C@H](CC(=O)Nc1cccc(OC)c1)C(=O)O. The summed E-state index contributed by atoms with van der Waals surface area (Å²) in [6, 6.07) is 6.02. The number of anilines is 1. The molecule has 0 saturated carbocycles. The van der Waals surface area contributed by atoms with Crippen LogP contribution >= 0.6 is 0 Å². The molecule has 0 spiro atoms. The largest absolute Gasteiger partial charge is 0.497 e. The quantitative estimate of drug-likeness (QED) is 0.565. The first-order valence-electron chi connectivity index (χ1n) is 8.12. The molecule has 7 nitrogen and oxygen atoms in total. The van der Waals surface area contributed by atoms with Crippen LogP contribution in [0.15, 0.2) is 24.3 Å². The number of nitrogens with zero attached hydrogens (tertiary/aromatic N) is 1. The van der Waals surface area contributed by atoms with Crippen molar-refractivity contribution in [1.82, 2.24) is 10.2 Å². The molecule has 0 heterocycles. The second kappa shape index (κ2) is 10.6. The minimum absolute atomic E-state index is 0.134. The molecular weight excluding hydrogens is 310 g/mol. The lowest BCUT2D eigenvalue weighted by Crippen LogP contribution is -2.43. The normalized spacial score (nSPS) is 12.0. The molecule has 0 radical (unpaired) electrons. The number of carboxylic acids is 1. The van der Waals surface area contributed by atoms with Gasteiger partial charge in [-0.2, -0.15) is 0 Å². The van der Waals surface area contributed by atoms with Gasteiger partial charge in [0.25, 0.3) is 0 Å². The first-order valence-corrected chi connectivity index (χ1v) is 8.12. The third-order valence-electron chi connectivity index (χ3n) is 3.75. The number of methoxy groups -OCH3 is 1. The monoisotopic (exact) mass is 337 g/mol. The smallest absolute Gasteiger partial charge is 0.321 e. The zero-order valence-corrected chi connectivity index (χ0v) is 14.5. The van der Waals surface area contributed by atoms with E-state index in [2.05, 4.69) is 29.4 Å². The lowest BCUT2D eigenvalue weighted by Gasteiger charge is -2.20. The van der Waals surface area contributed by atoms with E-state index in [1.54, 1.807) is 31.4 Å². The maximum atomic E-state index is 12.1. The molecule has 1 amide bonds. The Balaban J connectivity index is 2.51. The molecule has 3 N–H and O–H groups in total. The Morgan fingerprint density at radius 1 is 1.29 bits per heavy atom. The second-order valence-electron chi connectivity index (χ2n) is 5.36. The third-order valence-corrected chi connectivity index (χ3v) is 3.75. The molecule has 1 aromatic carbocycles. The number of carboxylic acid groups (broad SMARTS) is 1. The zero-order valence-electron chi connectivity index (χ0n) is 14.5. The average molecular weight is 337 g/mol. The van der Waals surface area contributed by atoms with E-state index >= 15 is 0 Å². The number of hydrogen-bond acceptors (Lipinski definition) is 5. The van der Waals surface area contributed by atoms with Crippen LogP contribution in [-0.4, -0.2) is 61.2 Å². The summed E-state index contributed by atoms with van der Waals surface area (Å²) < 4.78 is 5.09. The summed E-state index contributed by atoms with van der Waals surface area (Å²) in [4.78, 5) is 25.6. The Labute approximate surface area is 143 Å². The van der Waals surface area contributed by atoms with Gasteiger partial charge in [0.05, 0.1) is 13.5 Å². The predicted octanol–water partition coefficient (Wildman–Crippen LogP) is 1.41. The summed E-state index contributed by atoms with van der Waals surface area (Å²) in [5.41, 5.74) is 0.576. The summed E-state index contributed by atoms with van der Waals surface area (Å²) >= 11 is 0. The number of benzene rings is 1. The van der Waals surface area contributed by atoms with Crippen LogP contribution in [0.4, 0.5) is 5.69 Å². The fourth-order valence-electron chi connectivity index (χ4n) is 2.28. The molecule has 0 aliphatic carbocycles. The molecule has 0 saturated heterocycles. The summed E-state index contributed by atoms with van der Waals surface area (Å²) in [5, 5.41) is 14.9. The zero-order chi connectivity index (χ0) is 17.9. The van der Waals surface area contributed by atoms with Gasteiger partial charge in [-0.3, -0.25) is 9.59 Å². The first kappa shape index (κ1) is 19.9. The Morgan fingerprint density at radius 3 is 2.58 bits per heavy atom. The maximum absolute atomic E-state index is 12.1. The standard InChI is InChI=1S/C17H27N3O4/c1-4-20(5-2)10-9-18-15(17(22)23)12-16(21)19-13-7-6-8-14(11-13)24-3/h6-8,11,15,18H,4-5,9-10,12H2,1-3H3,(H,19,21)(H,22,23)/t15-/m1/s1. The lowest BCUT2D eigenvalue weighted by molar-refractivity contribution is -0.141. The van der Waals surface area contributed by atoms with E-state index in [1.165, 1.54) is 0 Å². The Bertz CT molecular complexity index is 532. The number of aliphatic carboxylic acids is 1. The Morgan fingerprint density at radius 2 is 2.00 bits per heavy atom. The molecule has 0 aromatic heterocycles. The summed E-state index contributed by atoms with van der Waals surface area (Å²) in [6.45, 7) is 7.19. The molecular formula is C17H27N3O4. The van der Waals surface area contributed by atoms with Crippen LogP contribution in [0.3, 0.4) is 0 Å². The fourth-order valence-corrected chi connectivity index (χ4v) is 2.28. The molecule has 1 aromatic rings. The molecule has 0 unspecified atom stereocenters. The number of nitrogens with one attached hydrogen (secondary N) is 2. The van der Waals surface area contributed by atoms with Gasteiger partial charge in [-0.1, -0.05) is 19.9 Å². The van der Waals surface area contributed by atoms with Crippen molar-refractivity contribution in [3.05, 3.63) is 24.3 Å². The van der Waals surface area contributed by atoms with Gasteiger partial charge in [-0.15, -0.1) is 0 Å². The Kier molecular flexibility index (Phi) is 8.81. The van der Waals surface area contributed by atoms with E-state index in [9.17, 15) is 14.7 Å². The van der Waals surface area contributed by atoms with Crippen molar-refractivity contribution in [3.8, 4) is 5.75 Å². The van der Waals surface area contributed by atoms with Crippen molar-refractivity contribution in [1.29, 1.82) is 0 Å². The van der Waals surface area contributed by atoms with Gasteiger partial charge in [0.2, 0.25) is 5.91 Å². The molecule has 7 heteroatoms. The van der Waals surface area contributed by atoms with Gasteiger partial charge in [-0.25, -0.2) is 0 Å². The van der Waals surface area contributed by atoms with E-state index < -0.39 is 12.0 Å². The van der Waals surface area contributed by atoms with Crippen LogP contribution in [0.25, 0.3) is 0 Å². The van der Waals surface area contributed by atoms with Crippen molar-refractivity contribution in [2.24, 2.45) is 0 Å². The topological polar surface area (TPSA) is 90.9 Å². The number of amides is 1. The highest BCUT2D eigenvalue weighted by atomic mass is 16.5. The van der Waals surface area contributed by atoms with Crippen LogP contribution in [0.1, 0.15) is 20.3 Å². The molecule has 0 fully saturated rings. The molecule has 0 aliphatic rings. The van der Waals surface area contributed by atoms with Gasteiger partial charge >= 0.3 is 5.97 Å². The minimum atomic E-state index is -1.03. The number of carbonyl (C=O) groups excluding carboxylic acids is 1. The summed E-state index contributed by atoms with van der Waals surface area (Å²) in [7, 11) is 1.54. The first-order chi connectivity index (χ1) is 11.5. The minimum Gasteiger partial charge on any atom is -0.497 e. The van der Waals surface area contributed by atoms with Crippen LogP contribution in [0.2, 0.25) is 0 Å². The highest BCUT2D eigenvalue weighted by Crippen LogP contribution is 2.16. The molecule has 1 rings (SSSR count). The van der Waals surface area contributed by atoms with E-state index in [-0.39, 0.29) is 12.3 Å². The summed E-state index contributed by atoms with van der Waals surface area (Å²) in [6.07, 6.45) is -0.134. The van der Waals surface area contributed by atoms with E-state index in [4.69, 9.17) is 4.74 Å². The van der Waals surface area contributed by atoms with Crippen LogP contribution in [0, 0.1) is 0 Å². The number of rotatable bonds is 11. The molecule has 134 valence electrons. The van der Waals surface area contributed by atoms with Crippen molar-refractivity contribution >= 4 is 17.6 Å². The van der Waals surface area contributed by atoms with Gasteiger partial charge in [0.15, 0.2) is 0 Å². The van der Waals surface area contributed by atoms with Crippen molar-refractivity contribution < 1.29 is 19.4 Å². The van der Waals surface area contributed by atoms with Crippen molar-refractivity contribution in [3.63, 3.8) is 0 Å². The van der Waals surface area contributed by atoms with Gasteiger partial charge in [0.1, 0.15) is 11.8 Å². The number of hydrogen-bond donors (Lipinski definition) is 3. The van der Waals surface area contributed by atoms with Gasteiger partial charge in [0, 0.05) is 24.8 Å². The maximum Gasteiger partial charge on any atom is 0.321 e.